The van der Waals surface area contributed by atoms with Crippen molar-refractivity contribution in [1.82, 2.24) is 10.2 Å². The molecule has 0 saturated heterocycles. The number of hydrogen-bond donors (Lipinski definition) is 2. The highest BCUT2D eigenvalue weighted by molar-refractivity contribution is 8.14. The SMILES string of the molecule is CC(C)(C)C1CSC(N(CCOc2ccccc2)CC2=CCC(C(O)NCC3CC3)C=C2)=N1. The number of amidine groups is 1. The Balaban J connectivity index is 1.35. The standard InChI is InChI=1S/C27H39N3O2S/c1-27(2,3)24-19-33-26(29-24)30(15-16-32-23-7-5-4-6-8-23)18-21-11-13-22(14-12-21)25(31)28-17-20-9-10-20/h4-8,11-13,20,22,24-25,28,31H,9-10,14-19H2,1-3H3. The Labute approximate surface area is 203 Å². The van der Waals surface area contributed by atoms with Gasteiger partial charge in [0, 0.05) is 24.8 Å². The maximum Gasteiger partial charge on any atom is 0.160 e. The molecule has 3 aliphatic rings. The Hall–Kier alpha value is -1.76. The Bertz CT molecular complexity index is 858. The first-order valence-corrected chi connectivity index (χ1v) is 13.3. The van der Waals surface area contributed by atoms with E-state index in [1.54, 1.807) is 0 Å². The number of allylic oxidation sites excluding steroid dienone is 1. The van der Waals surface area contributed by atoms with E-state index in [0.717, 1.165) is 48.6 Å². The van der Waals surface area contributed by atoms with E-state index in [1.165, 1.54) is 18.4 Å². The first-order valence-electron chi connectivity index (χ1n) is 12.3. The Morgan fingerprint density at radius 3 is 2.67 bits per heavy atom. The Morgan fingerprint density at radius 2 is 2.03 bits per heavy atom. The van der Waals surface area contributed by atoms with Crippen molar-refractivity contribution in [2.45, 2.75) is 52.3 Å². The molecule has 0 radical (unpaired) electrons. The molecule has 1 aromatic carbocycles. The van der Waals surface area contributed by atoms with Crippen molar-refractivity contribution in [3.63, 3.8) is 0 Å². The molecule has 0 amide bonds. The van der Waals surface area contributed by atoms with Gasteiger partial charge >= 0.3 is 0 Å². The largest absolute Gasteiger partial charge is 0.492 e. The molecule has 0 aromatic heterocycles. The van der Waals surface area contributed by atoms with Crippen molar-refractivity contribution < 1.29 is 9.84 Å². The molecule has 3 atom stereocenters. The highest BCUT2D eigenvalue weighted by Crippen LogP contribution is 2.33. The van der Waals surface area contributed by atoms with Gasteiger partial charge in [0.25, 0.3) is 0 Å². The number of aliphatic hydroxyl groups is 1. The molecule has 33 heavy (non-hydrogen) atoms. The third kappa shape index (κ3) is 7.36. The van der Waals surface area contributed by atoms with Gasteiger partial charge in [-0.3, -0.25) is 10.3 Å². The third-order valence-electron chi connectivity index (χ3n) is 6.58. The summed E-state index contributed by atoms with van der Waals surface area (Å²) in [6, 6.07) is 10.3. The summed E-state index contributed by atoms with van der Waals surface area (Å²) in [6.07, 6.45) is 9.63. The fourth-order valence-corrected chi connectivity index (χ4v) is 5.45. The molecular weight excluding hydrogens is 430 g/mol. The van der Waals surface area contributed by atoms with Gasteiger partial charge in [-0.25, -0.2) is 0 Å². The van der Waals surface area contributed by atoms with Crippen LogP contribution in [-0.4, -0.2) is 59.4 Å². The van der Waals surface area contributed by atoms with E-state index in [1.807, 2.05) is 42.1 Å². The number of para-hydroxylation sites is 1. The topological polar surface area (TPSA) is 57.1 Å². The number of aliphatic hydroxyl groups excluding tert-OH is 1. The number of ether oxygens (including phenoxy) is 1. The van der Waals surface area contributed by atoms with Crippen LogP contribution in [0.3, 0.4) is 0 Å². The molecule has 180 valence electrons. The van der Waals surface area contributed by atoms with Crippen LogP contribution >= 0.6 is 11.8 Å². The predicted molar refractivity (Wildman–Crippen MR) is 139 cm³/mol. The van der Waals surface area contributed by atoms with Crippen LogP contribution in [0.2, 0.25) is 0 Å². The van der Waals surface area contributed by atoms with Gasteiger partial charge in [0.05, 0.1) is 12.6 Å². The third-order valence-corrected chi connectivity index (χ3v) is 7.69. The van der Waals surface area contributed by atoms with Gasteiger partial charge in [-0.2, -0.15) is 0 Å². The van der Waals surface area contributed by atoms with E-state index >= 15 is 0 Å². The molecular formula is C27H39N3O2S. The van der Waals surface area contributed by atoms with E-state index in [0.29, 0.717) is 12.6 Å². The normalized spacial score (nSPS) is 23.8. The van der Waals surface area contributed by atoms with Crippen LogP contribution in [0.1, 0.15) is 40.0 Å². The molecule has 0 spiro atoms. The highest BCUT2D eigenvalue weighted by Gasteiger charge is 2.32. The zero-order valence-electron chi connectivity index (χ0n) is 20.2. The average molecular weight is 470 g/mol. The maximum atomic E-state index is 10.5. The van der Waals surface area contributed by atoms with Crippen LogP contribution in [0.5, 0.6) is 5.75 Å². The lowest BCUT2D eigenvalue weighted by molar-refractivity contribution is 0.0941. The lowest BCUT2D eigenvalue weighted by Gasteiger charge is -2.27. The second kappa shape index (κ2) is 11.1. The van der Waals surface area contributed by atoms with Crippen LogP contribution in [0.4, 0.5) is 0 Å². The molecule has 5 nitrogen and oxygen atoms in total. The molecule has 1 heterocycles. The van der Waals surface area contributed by atoms with Crippen molar-refractivity contribution in [1.29, 1.82) is 0 Å². The number of rotatable bonds is 10. The fraction of sp³-hybridized carbons (Fsp3) is 0.593. The molecule has 6 heteroatoms. The first-order chi connectivity index (χ1) is 15.9. The zero-order chi connectivity index (χ0) is 23.3. The van der Waals surface area contributed by atoms with Crippen molar-refractivity contribution in [3.05, 3.63) is 54.1 Å². The molecule has 1 aliphatic heterocycles. The van der Waals surface area contributed by atoms with Gasteiger partial charge in [-0.1, -0.05) is 69.0 Å². The van der Waals surface area contributed by atoms with E-state index < -0.39 is 6.23 Å². The van der Waals surface area contributed by atoms with Crippen molar-refractivity contribution >= 4 is 16.9 Å². The van der Waals surface area contributed by atoms with Crippen LogP contribution < -0.4 is 10.1 Å². The minimum atomic E-state index is -0.461. The summed E-state index contributed by atoms with van der Waals surface area (Å²) >= 11 is 1.86. The van der Waals surface area contributed by atoms with Crippen molar-refractivity contribution in [2.24, 2.45) is 22.2 Å². The van der Waals surface area contributed by atoms with E-state index in [2.05, 4.69) is 49.2 Å². The number of hydrogen-bond acceptors (Lipinski definition) is 6. The molecule has 1 aromatic rings. The molecule has 1 saturated carbocycles. The number of aliphatic imine (C=N–C) groups is 1. The Kier molecular flexibility index (Phi) is 8.20. The number of nitrogens with one attached hydrogen (secondary N) is 1. The lowest BCUT2D eigenvalue weighted by Crippen LogP contribution is -2.37. The highest BCUT2D eigenvalue weighted by atomic mass is 32.2. The van der Waals surface area contributed by atoms with Gasteiger partial charge in [-0.05, 0) is 48.3 Å². The van der Waals surface area contributed by atoms with E-state index in [-0.39, 0.29) is 11.3 Å². The van der Waals surface area contributed by atoms with Gasteiger partial charge in [0.2, 0.25) is 0 Å². The van der Waals surface area contributed by atoms with Gasteiger partial charge in [0.1, 0.15) is 18.6 Å². The lowest BCUT2D eigenvalue weighted by atomic mass is 9.88. The molecule has 3 unspecified atom stereocenters. The Morgan fingerprint density at radius 1 is 1.24 bits per heavy atom. The first kappa shape index (κ1) is 24.4. The van der Waals surface area contributed by atoms with Gasteiger partial charge in [-0.15, -0.1) is 0 Å². The number of nitrogens with zero attached hydrogens (tertiary/aromatic N) is 2. The van der Waals surface area contributed by atoms with Crippen LogP contribution in [0.25, 0.3) is 0 Å². The summed E-state index contributed by atoms with van der Waals surface area (Å²) in [5, 5.41) is 14.9. The van der Waals surface area contributed by atoms with Crippen LogP contribution in [-0.2, 0) is 0 Å². The molecule has 4 rings (SSSR count). The van der Waals surface area contributed by atoms with Gasteiger partial charge < -0.3 is 14.7 Å². The predicted octanol–water partition coefficient (Wildman–Crippen LogP) is 4.71. The number of benzene rings is 1. The monoisotopic (exact) mass is 469 g/mol. The molecule has 2 N–H and O–H groups in total. The molecule has 0 bridgehead atoms. The van der Waals surface area contributed by atoms with Crippen LogP contribution in [0.15, 0.2) is 59.1 Å². The van der Waals surface area contributed by atoms with Crippen molar-refractivity contribution in [2.75, 3.05) is 32.0 Å². The average Bonchev–Trinajstić information content (AvgIpc) is 3.50. The van der Waals surface area contributed by atoms with E-state index in [4.69, 9.17) is 9.73 Å². The molecule has 2 aliphatic carbocycles. The summed E-state index contributed by atoms with van der Waals surface area (Å²) in [7, 11) is 0. The summed E-state index contributed by atoms with van der Waals surface area (Å²) in [4.78, 5) is 7.45. The fourth-order valence-electron chi connectivity index (χ4n) is 4.02. The number of thioether (sulfide) groups is 1. The summed E-state index contributed by atoms with van der Waals surface area (Å²) in [6.45, 7) is 9.96. The van der Waals surface area contributed by atoms with Crippen LogP contribution in [0, 0.1) is 17.3 Å². The second-order valence-electron chi connectivity index (χ2n) is 10.5. The summed E-state index contributed by atoms with van der Waals surface area (Å²) < 4.78 is 5.99. The maximum absolute atomic E-state index is 10.5. The van der Waals surface area contributed by atoms with Gasteiger partial charge in [0.15, 0.2) is 5.17 Å². The smallest absolute Gasteiger partial charge is 0.160 e. The second-order valence-corrected chi connectivity index (χ2v) is 11.5. The summed E-state index contributed by atoms with van der Waals surface area (Å²) in [5.41, 5.74) is 1.45. The van der Waals surface area contributed by atoms with Crippen molar-refractivity contribution in [3.8, 4) is 5.75 Å². The quantitative estimate of drug-likeness (QED) is 0.486. The van der Waals surface area contributed by atoms with E-state index in [9.17, 15) is 5.11 Å². The summed E-state index contributed by atoms with van der Waals surface area (Å²) in [5.74, 6) is 2.85. The zero-order valence-corrected chi connectivity index (χ0v) is 21.1. The minimum absolute atomic E-state index is 0.144. The minimum Gasteiger partial charge on any atom is -0.492 e. The molecule has 1 fully saturated rings.